The lowest BCUT2D eigenvalue weighted by molar-refractivity contribution is 0.201. The molecule has 0 bridgehead atoms. The van der Waals surface area contributed by atoms with E-state index in [0.29, 0.717) is 11.4 Å². The van der Waals surface area contributed by atoms with Gasteiger partial charge in [0.2, 0.25) is 0 Å². The number of benzene rings is 1. The van der Waals surface area contributed by atoms with Crippen molar-refractivity contribution < 1.29 is 9.84 Å². The summed E-state index contributed by atoms with van der Waals surface area (Å²) in [6.07, 6.45) is 1.82. The Labute approximate surface area is 127 Å². The van der Waals surface area contributed by atoms with E-state index in [1.165, 1.54) is 0 Å². The van der Waals surface area contributed by atoms with Gasteiger partial charge in [0.25, 0.3) is 0 Å². The van der Waals surface area contributed by atoms with Crippen LogP contribution < -0.4 is 4.74 Å². The molecule has 1 aromatic heterocycles. The standard InChI is InChI=1S/C15H19BrN2O2/c1-4-7-18-14(13(20-3)9-17-18)15(19)11-8-10(2)5-6-12(11)16/h5-6,8-9,15,19H,4,7H2,1-3H3. The predicted molar refractivity (Wildman–Crippen MR) is 82.0 cm³/mol. The lowest BCUT2D eigenvalue weighted by Gasteiger charge is -2.17. The zero-order valence-electron chi connectivity index (χ0n) is 11.9. The van der Waals surface area contributed by atoms with E-state index < -0.39 is 6.10 Å². The Balaban J connectivity index is 2.48. The minimum absolute atomic E-state index is 0.611. The predicted octanol–water partition coefficient (Wildman–Crippen LogP) is 3.45. The number of methoxy groups -OCH3 is 1. The Hall–Kier alpha value is -1.33. The average molecular weight is 339 g/mol. The summed E-state index contributed by atoms with van der Waals surface area (Å²) in [4.78, 5) is 0. The first kappa shape index (κ1) is 15.1. The zero-order chi connectivity index (χ0) is 14.7. The molecular formula is C15H19BrN2O2. The number of aliphatic hydroxyl groups excluding tert-OH is 1. The molecule has 1 atom stereocenters. The normalized spacial score (nSPS) is 12.4. The summed E-state index contributed by atoms with van der Waals surface area (Å²) < 4.78 is 8.01. The van der Waals surface area contributed by atoms with E-state index in [0.717, 1.165) is 28.6 Å². The molecule has 0 aliphatic heterocycles. The highest BCUT2D eigenvalue weighted by molar-refractivity contribution is 9.10. The summed E-state index contributed by atoms with van der Waals surface area (Å²) in [5, 5.41) is 15.0. The fourth-order valence-electron chi connectivity index (χ4n) is 2.22. The van der Waals surface area contributed by atoms with Crippen LogP contribution in [0.3, 0.4) is 0 Å². The molecule has 0 amide bonds. The van der Waals surface area contributed by atoms with Gasteiger partial charge < -0.3 is 9.84 Å². The van der Waals surface area contributed by atoms with Gasteiger partial charge in [0.05, 0.1) is 13.3 Å². The van der Waals surface area contributed by atoms with Crippen molar-refractivity contribution in [2.75, 3.05) is 7.11 Å². The van der Waals surface area contributed by atoms with Crippen molar-refractivity contribution in [3.8, 4) is 5.75 Å². The highest BCUT2D eigenvalue weighted by Gasteiger charge is 2.23. The molecule has 108 valence electrons. The van der Waals surface area contributed by atoms with Crippen LogP contribution in [0.1, 0.15) is 36.3 Å². The summed E-state index contributed by atoms with van der Waals surface area (Å²) >= 11 is 3.50. The fourth-order valence-corrected chi connectivity index (χ4v) is 2.68. The van der Waals surface area contributed by atoms with Gasteiger partial charge in [-0.25, -0.2) is 0 Å². The maximum atomic E-state index is 10.7. The Bertz CT molecular complexity index is 596. The highest BCUT2D eigenvalue weighted by atomic mass is 79.9. The lowest BCUT2D eigenvalue weighted by Crippen LogP contribution is -2.11. The van der Waals surface area contributed by atoms with Gasteiger partial charge in [0.1, 0.15) is 11.8 Å². The summed E-state index contributed by atoms with van der Waals surface area (Å²) in [6, 6.07) is 5.92. The number of aliphatic hydroxyl groups is 1. The van der Waals surface area contributed by atoms with Crippen LogP contribution in [0.4, 0.5) is 0 Å². The molecule has 0 fully saturated rings. The van der Waals surface area contributed by atoms with Gasteiger partial charge in [-0.3, -0.25) is 4.68 Å². The molecule has 0 spiro atoms. The first-order valence-electron chi connectivity index (χ1n) is 6.62. The van der Waals surface area contributed by atoms with Gasteiger partial charge in [-0.15, -0.1) is 0 Å². The average Bonchev–Trinajstić information content (AvgIpc) is 2.84. The van der Waals surface area contributed by atoms with E-state index in [4.69, 9.17) is 4.74 Å². The molecule has 0 saturated heterocycles. The molecule has 20 heavy (non-hydrogen) atoms. The van der Waals surface area contributed by atoms with Crippen molar-refractivity contribution in [3.63, 3.8) is 0 Å². The molecule has 0 radical (unpaired) electrons. The minimum atomic E-state index is -0.770. The first-order valence-corrected chi connectivity index (χ1v) is 7.41. The number of hydrogen-bond donors (Lipinski definition) is 1. The molecule has 0 saturated carbocycles. The first-order chi connectivity index (χ1) is 9.58. The van der Waals surface area contributed by atoms with Crippen molar-refractivity contribution in [2.45, 2.75) is 32.9 Å². The molecule has 0 aliphatic carbocycles. The molecule has 0 aliphatic rings. The molecule has 4 nitrogen and oxygen atoms in total. The Morgan fingerprint density at radius 1 is 1.45 bits per heavy atom. The van der Waals surface area contributed by atoms with E-state index >= 15 is 0 Å². The number of ether oxygens (including phenoxy) is 1. The highest BCUT2D eigenvalue weighted by Crippen LogP contribution is 2.34. The molecule has 1 unspecified atom stereocenters. The number of halogens is 1. The second-order valence-electron chi connectivity index (χ2n) is 4.75. The van der Waals surface area contributed by atoms with Crippen LogP contribution in [0.25, 0.3) is 0 Å². The van der Waals surface area contributed by atoms with E-state index in [2.05, 4.69) is 28.0 Å². The van der Waals surface area contributed by atoms with Gasteiger partial charge in [0, 0.05) is 16.6 Å². The summed E-state index contributed by atoms with van der Waals surface area (Å²) in [5.41, 5.74) is 2.62. The topological polar surface area (TPSA) is 47.3 Å². The smallest absolute Gasteiger partial charge is 0.163 e. The van der Waals surface area contributed by atoms with Gasteiger partial charge in [-0.2, -0.15) is 5.10 Å². The van der Waals surface area contributed by atoms with Crippen molar-refractivity contribution >= 4 is 15.9 Å². The van der Waals surface area contributed by atoms with Crippen LogP contribution >= 0.6 is 15.9 Å². The van der Waals surface area contributed by atoms with Crippen molar-refractivity contribution in [3.05, 3.63) is 45.7 Å². The third kappa shape index (κ3) is 2.88. The third-order valence-electron chi connectivity index (χ3n) is 3.21. The zero-order valence-corrected chi connectivity index (χ0v) is 13.5. The number of nitrogens with zero attached hydrogens (tertiary/aromatic N) is 2. The van der Waals surface area contributed by atoms with Crippen molar-refractivity contribution in [2.24, 2.45) is 0 Å². The minimum Gasteiger partial charge on any atom is -0.493 e. The van der Waals surface area contributed by atoms with Crippen molar-refractivity contribution in [1.29, 1.82) is 0 Å². The number of aryl methyl sites for hydroxylation is 2. The van der Waals surface area contributed by atoms with Gasteiger partial charge >= 0.3 is 0 Å². The van der Waals surface area contributed by atoms with Crippen LogP contribution in [0.2, 0.25) is 0 Å². The van der Waals surface area contributed by atoms with Gasteiger partial charge in [-0.1, -0.05) is 40.5 Å². The Morgan fingerprint density at radius 3 is 2.85 bits per heavy atom. The van der Waals surface area contributed by atoms with E-state index in [9.17, 15) is 5.11 Å². The molecular weight excluding hydrogens is 320 g/mol. The number of rotatable bonds is 5. The maximum Gasteiger partial charge on any atom is 0.163 e. The van der Waals surface area contributed by atoms with Crippen LogP contribution in [-0.4, -0.2) is 22.0 Å². The van der Waals surface area contributed by atoms with Crippen LogP contribution in [0.15, 0.2) is 28.9 Å². The lowest BCUT2D eigenvalue weighted by atomic mass is 10.0. The summed E-state index contributed by atoms with van der Waals surface area (Å²) in [6.45, 7) is 4.83. The molecule has 2 aromatic rings. The van der Waals surface area contributed by atoms with Crippen LogP contribution in [0, 0.1) is 6.92 Å². The van der Waals surface area contributed by atoms with E-state index in [1.54, 1.807) is 18.0 Å². The second kappa shape index (κ2) is 6.41. The largest absolute Gasteiger partial charge is 0.493 e. The number of aromatic nitrogens is 2. The molecule has 2 rings (SSSR count). The Morgan fingerprint density at radius 2 is 2.20 bits per heavy atom. The fraction of sp³-hybridized carbons (Fsp3) is 0.400. The SMILES string of the molecule is CCCn1ncc(OC)c1C(O)c1cc(C)ccc1Br. The monoisotopic (exact) mass is 338 g/mol. The van der Waals surface area contributed by atoms with E-state index in [1.807, 2.05) is 25.1 Å². The maximum absolute atomic E-state index is 10.7. The quantitative estimate of drug-likeness (QED) is 0.908. The summed E-state index contributed by atoms with van der Waals surface area (Å²) in [7, 11) is 1.59. The summed E-state index contributed by atoms with van der Waals surface area (Å²) in [5.74, 6) is 0.611. The molecule has 1 heterocycles. The molecule has 1 aromatic carbocycles. The van der Waals surface area contributed by atoms with Crippen LogP contribution in [0.5, 0.6) is 5.75 Å². The van der Waals surface area contributed by atoms with Gasteiger partial charge in [0.15, 0.2) is 5.75 Å². The molecule has 5 heteroatoms. The number of hydrogen-bond acceptors (Lipinski definition) is 3. The van der Waals surface area contributed by atoms with Gasteiger partial charge in [-0.05, 0) is 19.4 Å². The third-order valence-corrected chi connectivity index (χ3v) is 3.93. The Kier molecular flexibility index (Phi) is 4.83. The van der Waals surface area contributed by atoms with Crippen LogP contribution in [-0.2, 0) is 6.54 Å². The second-order valence-corrected chi connectivity index (χ2v) is 5.60. The van der Waals surface area contributed by atoms with E-state index in [-0.39, 0.29) is 0 Å². The molecule has 1 N–H and O–H groups in total. The van der Waals surface area contributed by atoms with Crippen molar-refractivity contribution in [1.82, 2.24) is 9.78 Å².